The lowest BCUT2D eigenvalue weighted by Crippen LogP contribution is -2.69. The Bertz CT molecular complexity index is 654. The second-order valence-electron chi connectivity index (χ2n) is 10.3. The van der Waals surface area contributed by atoms with Gasteiger partial charge in [0.15, 0.2) is 0 Å². The molecule has 0 saturated heterocycles. The number of aliphatic carboxylic acids is 1. The molecule has 6 N–H and O–H groups in total. The summed E-state index contributed by atoms with van der Waals surface area (Å²) in [6.45, 7) is 3.15. The SMILES string of the molecule is CC1(C(=O)O)CCCC2(C)C1C(O)C(O)C13CC(C(O)CC21)C(O)(CO)C3. The first-order chi connectivity index (χ1) is 12.5. The summed E-state index contributed by atoms with van der Waals surface area (Å²) in [5.74, 6) is -2.36. The van der Waals surface area contributed by atoms with Crippen molar-refractivity contribution in [2.24, 2.45) is 34.0 Å². The van der Waals surface area contributed by atoms with Crippen LogP contribution < -0.4 is 0 Å². The van der Waals surface area contributed by atoms with E-state index in [1.165, 1.54) is 0 Å². The predicted molar refractivity (Wildman–Crippen MR) is 94.5 cm³/mol. The molecule has 10 unspecified atom stereocenters. The number of aliphatic hydroxyl groups is 5. The molecule has 10 atom stereocenters. The Labute approximate surface area is 159 Å². The van der Waals surface area contributed by atoms with Crippen LogP contribution in [0.15, 0.2) is 0 Å². The van der Waals surface area contributed by atoms with E-state index in [4.69, 9.17) is 0 Å². The van der Waals surface area contributed by atoms with Gasteiger partial charge < -0.3 is 30.6 Å². The van der Waals surface area contributed by atoms with Crippen LogP contribution in [0.5, 0.6) is 0 Å². The monoisotopic (exact) mass is 384 g/mol. The lowest BCUT2D eigenvalue weighted by molar-refractivity contribution is -0.261. The molecule has 0 heterocycles. The molecule has 7 heteroatoms. The van der Waals surface area contributed by atoms with Gasteiger partial charge in [-0.3, -0.25) is 4.79 Å². The maximum absolute atomic E-state index is 12.1. The van der Waals surface area contributed by atoms with Crippen LogP contribution in [0, 0.1) is 34.0 Å². The molecular weight excluding hydrogens is 352 g/mol. The largest absolute Gasteiger partial charge is 0.481 e. The Hall–Kier alpha value is -0.730. The van der Waals surface area contributed by atoms with Crippen LogP contribution in [0.3, 0.4) is 0 Å². The van der Waals surface area contributed by atoms with Crippen LogP contribution in [0.25, 0.3) is 0 Å². The highest BCUT2D eigenvalue weighted by molar-refractivity contribution is 5.75. The number of carbonyl (C=O) groups is 1. The fourth-order valence-electron chi connectivity index (χ4n) is 8.10. The van der Waals surface area contributed by atoms with Gasteiger partial charge in [0, 0.05) is 17.3 Å². The Balaban J connectivity index is 1.86. The molecule has 0 aliphatic heterocycles. The van der Waals surface area contributed by atoms with Crippen molar-refractivity contribution in [1.82, 2.24) is 0 Å². The molecule has 4 saturated carbocycles. The smallest absolute Gasteiger partial charge is 0.309 e. The first-order valence-electron chi connectivity index (χ1n) is 10.1. The summed E-state index contributed by atoms with van der Waals surface area (Å²) in [6.07, 6.45) is -0.566. The zero-order chi connectivity index (χ0) is 20.0. The van der Waals surface area contributed by atoms with E-state index < -0.39 is 64.6 Å². The van der Waals surface area contributed by atoms with Gasteiger partial charge in [0.2, 0.25) is 0 Å². The minimum atomic E-state index is -1.48. The fraction of sp³-hybridized carbons (Fsp3) is 0.950. The highest BCUT2D eigenvalue weighted by Gasteiger charge is 2.75. The van der Waals surface area contributed by atoms with Gasteiger partial charge in [0.1, 0.15) is 0 Å². The topological polar surface area (TPSA) is 138 Å². The first kappa shape index (κ1) is 19.6. The van der Waals surface area contributed by atoms with Gasteiger partial charge >= 0.3 is 5.97 Å². The molecule has 2 bridgehead atoms. The number of carboxylic acid groups (broad SMARTS) is 1. The molecule has 4 aliphatic rings. The van der Waals surface area contributed by atoms with Crippen LogP contribution in [0.1, 0.15) is 52.4 Å². The summed E-state index contributed by atoms with van der Waals surface area (Å²) >= 11 is 0. The molecule has 27 heavy (non-hydrogen) atoms. The number of aliphatic hydroxyl groups excluding tert-OH is 4. The molecular formula is C20H32O7. The molecule has 154 valence electrons. The Kier molecular flexibility index (Phi) is 4.11. The lowest BCUT2D eigenvalue weighted by Gasteiger charge is -2.66. The molecule has 1 spiro atoms. The van der Waals surface area contributed by atoms with E-state index in [0.717, 1.165) is 0 Å². The zero-order valence-corrected chi connectivity index (χ0v) is 16.0. The third-order valence-corrected chi connectivity index (χ3v) is 9.18. The summed E-state index contributed by atoms with van der Waals surface area (Å²) in [4.78, 5) is 12.1. The minimum absolute atomic E-state index is 0.118. The number of rotatable bonds is 2. The van der Waals surface area contributed by atoms with E-state index in [-0.39, 0.29) is 12.3 Å². The second kappa shape index (κ2) is 5.66. The van der Waals surface area contributed by atoms with E-state index in [0.29, 0.717) is 32.1 Å². The maximum Gasteiger partial charge on any atom is 0.309 e. The summed E-state index contributed by atoms with van der Waals surface area (Å²) in [7, 11) is 0. The van der Waals surface area contributed by atoms with Crippen LogP contribution in [0.4, 0.5) is 0 Å². The van der Waals surface area contributed by atoms with Gasteiger partial charge in [-0.25, -0.2) is 0 Å². The van der Waals surface area contributed by atoms with Crippen molar-refractivity contribution >= 4 is 5.97 Å². The van der Waals surface area contributed by atoms with E-state index in [2.05, 4.69) is 0 Å². The number of carboxylic acids is 1. The number of hydrogen-bond acceptors (Lipinski definition) is 6. The van der Waals surface area contributed by atoms with Crippen molar-refractivity contribution in [2.45, 2.75) is 76.3 Å². The molecule has 0 aromatic rings. The molecule has 0 amide bonds. The van der Waals surface area contributed by atoms with Crippen molar-refractivity contribution < 1.29 is 35.4 Å². The van der Waals surface area contributed by atoms with Gasteiger partial charge in [-0.1, -0.05) is 13.3 Å². The van der Waals surface area contributed by atoms with Crippen LogP contribution in [-0.2, 0) is 4.79 Å². The molecule has 4 fully saturated rings. The minimum Gasteiger partial charge on any atom is -0.481 e. The molecule has 4 rings (SSSR count). The van der Waals surface area contributed by atoms with Gasteiger partial charge in [0.05, 0.1) is 35.9 Å². The van der Waals surface area contributed by atoms with Gasteiger partial charge in [-0.2, -0.15) is 0 Å². The average Bonchev–Trinajstić information content (AvgIpc) is 2.87. The normalized spacial score (nSPS) is 59.8. The van der Waals surface area contributed by atoms with Crippen molar-refractivity contribution in [2.75, 3.05) is 6.61 Å². The van der Waals surface area contributed by atoms with E-state index in [1.54, 1.807) is 6.92 Å². The summed E-state index contributed by atoms with van der Waals surface area (Å²) in [5.41, 5.74) is -4.02. The van der Waals surface area contributed by atoms with Gasteiger partial charge in [0.25, 0.3) is 0 Å². The summed E-state index contributed by atoms with van der Waals surface area (Å²) < 4.78 is 0. The van der Waals surface area contributed by atoms with E-state index >= 15 is 0 Å². The van der Waals surface area contributed by atoms with E-state index in [9.17, 15) is 35.4 Å². The first-order valence-corrected chi connectivity index (χ1v) is 10.1. The predicted octanol–water partition coefficient (Wildman–Crippen LogP) is 0.120. The quantitative estimate of drug-likeness (QED) is 0.397. The highest BCUT2D eigenvalue weighted by atomic mass is 16.4. The molecule has 0 aromatic heterocycles. The third-order valence-electron chi connectivity index (χ3n) is 9.18. The van der Waals surface area contributed by atoms with Crippen LogP contribution in [0.2, 0.25) is 0 Å². The Morgan fingerprint density at radius 1 is 1.15 bits per heavy atom. The van der Waals surface area contributed by atoms with Crippen molar-refractivity contribution in [3.63, 3.8) is 0 Å². The third kappa shape index (κ3) is 2.18. The second-order valence-corrected chi connectivity index (χ2v) is 10.3. The van der Waals surface area contributed by atoms with Gasteiger partial charge in [-0.15, -0.1) is 0 Å². The van der Waals surface area contributed by atoms with Gasteiger partial charge in [-0.05, 0) is 50.4 Å². The molecule has 0 aromatic carbocycles. The fourth-order valence-corrected chi connectivity index (χ4v) is 8.10. The summed E-state index contributed by atoms with van der Waals surface area (Å²) in [6, 6.07) is 0. The molecule has 7 nitrogen and oxygen atoms in total. The summed E-state index contributed by atoms with van der Waals surface area (Å²) in [5, 5.41) is 63.8. The highest BCUT2D eigenvalue weighted by Crippen LogP contribution is 2.72. The van der Waals surface area contributed by atoms with E-state index in [1.807, 2.05) is 6.92 Å². The molecule has 4 aliphatic carbocycles. The maximum atomic E-state index is 12.1. The average molecular weight is 384 g/mol. The zero-order valence-electron chi connectivity index (χ0n) is 16.0. The number of fused-ring (bicyclic) bond motifs is 3. The lowest BCUT2D eigenvalue weighted by atomic mass is 9.39. The standard InChI is InChI=1S/C20H32O7/c1-17-4-3-5-18(2,16(25)26)14(17)13(23)15(24)19-7-10(11(22)6-12(17)19)20(27,8-19)9-21/h10-15,21-24,27H,3-9H2,1-2H3,(H,25,26). The van der Waals surface area contributed by atoms with Crippen molar-refractivity contribution in [3.05, 3.63) is 0 Å². The van der Waals surface area contributed by atoms with Crippen LogP contribution >= 0.6 is 0 Å². The molecule has 0 radical (unpaired) electrons. The Morgan fingerprint density at radius 2 is 1.81 bits per heavy atom. The van der Waals surface area contributed by atoms with Crippen molar-refractivity contribution in [3.8, 4) is 0 Å². The van der Waals surface area contributed by atoms with Crippen LogP contribution in [-0.4, -0.2) is 67.1 Å². The Morgan fingerprint density at radius 3 is 2.41 bits per heavy atom. The van der Waals surface area contributed by atoms with Crippen molar-refractivity contribution in [1.29, 1.82) is 0 Å². The number of hydrogen-bond donors (Lipinski definition) is 6.